The third kappa shape index (κ3) is 3.76. The minimum Gasteiger partial charge on any atom is -0.336 e. The van der Waals surface area contributed by atoms with E-state index < -0.39 is 22.4 Å². The molecule has 2 rings (SSSR count). The van der Waals surface area contributed by atoms with Crippen molar-refractivity contribution in [3.8, 4) is 0 Å². The molecule has 0 bridgehead atoms. The summed E-state index contributed by atoms with van der Waals surface area (Å²) in [6.07, 6.45) is 0. The van der Waals surface area contributed by atoms with Crippen LogP contribution in [0.2, 0.25) is 0 Å². The summed E-state index contributed by atoms with van der Waals surface area (Å²) in [6, 6.07) is 4.67. The maximum Gasteiger partial charge on any atom is 0.325 e. The van der Waals surface area contributed by atoms with Crippen molar-refractivity contribution in [1.82, 2.24) is 15.1 Å². The summed E-state index contributed by atoms with van der Waals surface area (Å²) in [5, 5.41) is 13.6. The van der Waals surface area contributed by atoms with E-state index in [4.69, 9.17) is 0 Å². The standard InChI is InChI=1S/C18H24N4O5/c1-11(2)21(12(3)4)15(23)10-20-16(24)18(5,19-17(20)25)13-7-6-8-14(9-13)22(26)27/h6-9,11-12H,10H2,1-5H3,(H,19,25). The van der Waals surface area contributed by atoms with Crippen LogP contribution in [0.4, 0.5) is 10.5 Å². The average molecular weight is 376 g/mol. The maximum atomic E-state index is 12.9. The molecule has 9 nitrogen and oxygen atoms in total. The van der Waals surface area contributed by atoms with Gasteiger partial charge in [-0.3, -0.25) is 24.6 Å². The van der Waals surface area contributed by atoms with Crippen molar-refractivity contribution < 1.29 is 19.3 Å². The second-order valence-corrected chi connectivity index (χ2v) is 7.24. The third-order valence-corrected chi connectivity index (χ3v) is 4.60. The smallest absolute Gasteiger partial charge is 0.325 e. The van der Waals surface area contributed by atoms with Crippen LogP contribution < -0.4 is 5.32 Å². The van der Waals surface area contributed by atoms with Gasteiger partial charge in [-0.15, -0.1) is 0 Å². The number of benzene rings is 1. The summed E-state index contributed by atoms with van der Waals surface area (Å²) >= 11 is 0. The highest BCUT2D eigenvalue weighted by molar-refractivity contribution is 6.09. The molecule has 1 saturated heterocycles. The van der Waals surface area contributed by atoms with Gasteiger partial charge < -0.3 is 10.2 Å². The molecule has 27 heavy (non-hydrogen) atoms. The minimum absolute atomic E-state index is 0.0820. The minimum atomic E-state index is -1.47. The van der Waals surface area contributed by atoms with Crippen LogP contribution in [0.3, 0.4) is 0 Å². The molecule has 0 aromatic heterocycles. The zero-order valence-electron chi connectivity index (χ0n) is 16.1. The molecule has 0 aliphatic carbocycles. The zero-order valence-corrected chi connectivity index (χ0v) is 16.1. The van der Waals surface area contributed by atoms with Crippen molar-refractivity contribution >= 4 is 23.5 Å². The summed E-state index contributed by atoms with van der Waals surface area (Å²) in [6.45, 7) is 8.52. The SMILES string of the molecule is CC(C)N(C(=O)CN1C(=O)NC(C)(c2cccc([N+](=O)[O-])c2)C1=O)C(C)C. The van der Waals surface area contributed by atoms with Gasteiger partial charge in [-0.1, -0.05) is 12.1 Å². The number of hydrogen-bond acceptors (Lipinski definition) is 5. The van der Waals surface area contributed by atoms with Gasteiger partial charge in [0.15, 0.2) is 0 Å². The van der Waals surface area contributed by atoms with Gasteiger partial charge in [0.1, 0.15) is 12.1 Å². The second kappa shape index (κ2) is 7.34. The van der Waals surface area contributed by atoms with Crippen molar-refractivity contribution in [2.45, 2.75) is 52.2 Å². The van der Waals surface area contributed by atoms with Crippen LogP contribution in [0.1, 0.15) is 40.2 Å². The molecule has 0 radical (unpaired) electrons. The number of rotatable bonds is 6. The Morgan fingerprint density at radius 1 is 1.26 bits per heavy atom. The molecule has 0 spiro atoms. The fourth-order valence-corrected chi connectivity index (χ4v) is 3.36. The molecule has 1 N–H and O–H groups in total. The molecule has 1 aromatic rings. The van der Waals surface area contributed by atoms with E-state index in [2.05, 4.69) is 5.32 Å². The van der Waals surface area contributed by atoms with Gasteiger partial charge in [0, 0.05) is 24.2 Å². The van der Waals surface area contributed by atoms with Gasteiger partial charge >= 0.3 is 6.03 Å². The van der Waals surface area contributed by atoms with Crippen LogP contribution in [-0.2, 0) is 15.1 Å². The number of carbonyl (C=O) groups excluding carboxylic acids is 3. The number of nitro benzene ring substituents is 1. The number of carbonyl (C=O) groups is 3. The first kappa shape index (κ1) is 20.3. The topological polar surface area (TPSA) is 113 Å². The number of nitro groups is 1. The van der Waals surface area contributed by atoms with Crippen molar-refractivity contribution in [3.05, 3.63) is 39.9 Å². The van der Waals surface area contributed by atoms with E-state index in [1.165, 1.54) is 31.2 Å². The third-order valence-electron chi connectivity index (χ3n) is 4.60. The van der Waals surface area contributed by atoms with E-state index in [1.807, 2.05) is 27.7 Å². The Kier molecular flexibility index (Phi) is 5.53. The van der Waals surface area contributed by atoms with Crippen LogP contribution in [0, 0.1) is 10.1 Å². The Labute approximate surface area is 157 Å². The number of imide groups is 1. The van der Waals surface area contributed by atoms with Crippen LogP contribution >= 0.6 is 0 Å². The highest BCUT2D eigenvalue weighted by Crippen LogP contribution is 2.31. The molecular weight excluding hydrogens is 352 g/mol. The van der Waals surface area contributed by atoms with E-state index in [9.17, 15) is 24.5 Å². The van der Waals surface area contributed by atoms with Crippen LogP contribution in [-0.4, -0.2) is 51.2 Å². The molecule has 1 atom stereocenters. The van der Waals surface area contributed by atoms with E-state index in [0.29, 0.717) is 0 Å². The molecule has 1 aromatic carbocycles. The number of amides is 4. The monoisotopic (exact) mass is 376 g/mol. The van der Waals surface area contributed by atoms with E-state index in [0.717, 1.165) is 4.90 Å². The average Bonchev–Trinajstić information content (AvgIpc) is 2.78. The summed E-state index contributed by atoms with van der Waals surface area (Å²) in [4.78, 5) is 50.8. The first-order chi connectivity index (χ1) is 12.5. The predicted molar refractivity (Wildman–Crippen MR) is 97.8 cm³/mol. The molecule has 1 fully saturated rings. The molecule has 1 unspecified atom stereocenters. The van der Waals surface area contributed by atoms with Gasteiger partial charge in [0.2, 0.25) is 5.91 Å². The Morgan fingerprint density at radius 2 is 1.85 bits per heavy atom. The van der Waals surface area contributed by atoms with Gasteiger partial charge in [-0.25, -0.2) is 4.79 Å². The van der Waals surface area contributed by atoms with E-state index in [-0.39, 0.29) is 35.8 Å². The molecule has 9 heteroatoms. The van der Waals surface area contributed by atoms with E-state index in [1.54, 1.807) is 4.90 Å². The largest absolute Gasteiger partial charge is 0.336 e. The van der Waals surface area contributed by atoms with Crippen molar-refractivity contribution in [2.75, 3.05) is 6.54 Å². The predicted octanol–water partition coefficient (Wildman–Crippen LogP) is 2.01. The fourth-order valence-electron chi connectivity index (χ4n) is 3.36. The highest BCUT2D eigenvalue weighted by Gasteiger charge is 2.50. The van der Waals surface area contributed by atoms with Crippen LogP contribution in [0.25, 0.3) is 0 Å². The Balaban J connectivity index is 2.30. The fraction of sp³-hybridized carbons (Fsp3) is 0.500. The number of non-ortho nitro benzene ring substituents is 1. The second-order valence-electron chi connectivity index (χ2n) is 7.24. The first-order valence-corrected chi connectivity index (χ1v) is 8.69. The summed E-state index contributed by atoms with van der Waals surface area (Å²) < 4.78 is 0. The normalized spacial score (nSPS) is 19.6. The summed E-state index contributed by atoms with van der Waals surface area (Å²) in [5.74, 6) is -0.958. The molecule has 0 saturated carbocycles. The lowest BCUT2D eigenvalue weighted by Gasteiger charge is -2.32. The number of nitrogens with one attached hydrogen (secondary N) is 1. The Morgan fingerprint density at radius 3 is 2.37 bits per heavy atom. The number of nitrogens with zero attached hydrogens (tertiary/aromatic N) is 3. The summed E-state index contributed by atoms with van der Waals surface area (Å²) in [5.41, 5.74) is -1.37. The van der Waals surface area contributed by atoms with Gasteiger partial charge in [-0.05, 0) is 40.2 Å². The van der Waals surface area contributed by atoms with Gasteiger partial charge in [0.25, 0.3) is 11.6 Å². The Hall–Kier alpha value is -2.97. The number of urea groups is 1. The Bertz CT molecular complexity index is 784. The number of hydrogen-bond donors (Lipinski definition) is 1. The molecule has 1 heterocycles. The molecule has 4 amide bonds. The van der Waals surface area contributed by atoms with Crippen molar-refractivity contribution in [2.24, 2.45) is 0 Å². The van der Waals surface area contributed by atoms with Gasteiger partial charge in [0.05, 0.1) is 4.92 Å². The first-order valence-electron chi connectivity index (χ1n) is 8.69. The lowest BCUT2D eigenvalue weighted by molar-refractivity contribution is -0.385. The molecular formula is C18H24N4O5. The van der Waals surface area contributed by atoms with Crippen molar-refractivity contribution in [1.29, 1.82) is 0 Å². The maximum absolute atomic E-state index is 12.9. The lowest BCUT2D eigenvalue weighted by atomic mass is 9.91. The highest BCUT2D eigenvalue weighted by atomic mass is 16.6. The zero-order chi connectivity index (χ0) is 20.5. The molecule has 146 valence electrons. The molecule has 1 aliphatic rings. The molecule has 1 aliphatic heterocycles. The summed E-state index contributed by atoms with van der Waals surface area (Å²) in [7, 11) is 0. The van der Waals surface area contributed by atoms with Crippen LogP contribution in [0.15, 0.2) is 24.3 Å². The van der Waals surface area contributed by atoms with E-state index >= 15 is 0 Å². The lowest BCUT2D eigenvalue weighted by Crippen LogP contribution is -2.49. The van der Waals surface area contributed by atoms with Gasteiger partial charge in [-0.2, -0.15) is 0 Å². The van der Waals surface area contributed by atoms with Crippen LogP contribution in [0.5, 0.6) is 0 Å². The quantitative estimate of drug-likeness (QED) is 0.463. The van der Waals surface area contributed by atoms with Crippen molar-refractivity contribution in [3.63, 3.8) is 0 Å².